The van der Waals surface area contributed by atoms with E-state index in [9.17, 15) is 19.8 Å². The van der Waals surface area contributed by atoms with E-state index in [4.69, 9.17) is 4.74 Å². The van der Waals surface area contributed by atoms with Gasteiger partial charge in [0.2, 0.25) is 5.91 Å². The van der Waals surface area contributed by atoms with Crippen molar-refractivity contribution in [1.29, 1.82) is 0 Å². The van der Waals surface area contributed by atoms with Crippen molar-refractivity contribution in [3.05, 3.63) is 36.5 Å². The summed E-state index contributed by atoms with van der Waals surface area (Å²) in [6.45, 7) is 4.83. The predicted molar refractivity (Wildman–Crippen MR) is 259 cm³/mol. The van der Waals surface area contributed by atoms with Gasteiger partial charge in [-0.15, -0.1) is 0 Å². The molecule has 0 aromatic rings. The third kappa shape index (κ3) is 45.6. The lowest BCUT2D eigenvalue weighted by Crippen LogP contribution is -2.45. The van der Waals surface area contributed by atoms with Crippen LogP contribution in [0.4, 0.5) is 0 Å². The van der Waals surface area contributed by atoms with Crippen molar-refractivity contribution in [1.82, 2.24) is 5.32 Å². The third-order valence-corrected chi connectivity index (χ3v) is 11.9. The van der Waals surface area contributed by atoms with Crippen molar-refractivity contribution in [2.24, 2.45) is 0 Å². The number of carbonyl (C=O) groups excluding carboxylic acids is 2. The molecule has 0 spiro atoms. The van der Waals surface area contributed by atoms with Gasteiger partial charge in [0.1, 0.15) is 0 Å². The number of aliphatic hydroxyl groups is 2. The summed E-state index contributed by atoms with van der Waals surface area (Å²) in [6.07, 6.45) is 60.0. The van der Waals surface area contributed by atoms with Gasteiger partial charge in [-0.1, -0.05) is 204 Å². The van der Waals surface area contributed by atoms with Crippen molar-refractivity contribution in [3.8, 4) is 0 Å². The summed E-state index contributed by atoms with van der Waals surface area (Å²) >= 11 is 0. The number of amides is 1. The van der Waals surface area contributed by atoms with Gasteiger partial charge in [-0.2, -0.15) is 0 Å². The zero-order valence-electron chi connectivity index (χ0n) is 39.9. The molecule has 0 aliphatic rings. The number of nitrogens with one attached hydrogen (secondary N) is 1. The second-order valence-electron chi connectivity index (χ2n) is 17.8. The number of esters is 1. The van der Waals surface area contributed by atoms with Gasteiger partial charge in [0.15, 0.2) is 0 Å². The summed E-state index contributed by atoms with van der Waals surface area (Å²) in [5.74, 6) is -0.127. The minimum Gasteiger partial charge on any atom is -0.466 e. The number of hydrogen-bond acceptors (Lipinski definition) is 5. The van der Waals surface area contributed by atoms with E-state index in [-0.39, 0.29) is 18.5 Å². The van der Waals surface area contributed by atoms with E-state index in [1.165, 1.54) is 161 Å². The van der Waals surface area contributed by atoms with Crippen LogP contribution in [0.3, 0.4) is 0 Å². The quantitative estimate of drug-likeness (QED) is 0.0322. The number of aliphatic hydroxyl groups excluding tert-OH is 2. The van der Waals surface area contributed by atoms with Crippen LogP contribution >= 0.6 is 0 Å². The van der Waals surface area contributed by atoms with Crippen LogP contribution < -0.4 is 5.32 Å². The fourth-order valence-corrected chi connectivity index (χ4v) is 7.80. The molecule has 6 nitrogen and oxygen atoms in total. The molecule has 0 aliphatic heterocycles. The summed E-state index contributed by atoms with van der Waals surface area (Å²) in [5.41, 5.74) is 0. The highest BCUT2D eigenvalue weighted by Crippen LogP contribution is 2.15. The maximum atomic E-state index is 12.4. The van der Waals surface area contributed by atoms with Crippen LogP contribution in [0.15, 0.2) is 36.5 Å². The lowest BCUT2D eigenvalue weighted by atomic mass is 10.0. The predicted octanol–water partition coefficient (Wildman–Crippen LogP) is 15.7. The van der Waals surface area contributed by atoms with Crippen molar-refractivity contribution in [3.63, 3.8) is 0 Å². The van der Waals surface area contributed by atoms with Gasteiger partial charge < -0.3 is 20.3 Å². The van der Waals surface area contributed by atoms with E-state index in [2.05, 4.69) is 43.5 Å². The topological polar surface area (TPSA) is 95.9 Å². The maximum Gasteiger partial charge on any atom is 0.305 e. The number of allylic oxidation sites excluding steroid dienone is 5. The first-order valence-electron chi connectivity index (χ1n) is 26.3. The van der Waals surface area contributed by atoms with Crippen LogP contribution in [0.25, 0.3) is 0 Å². The molecule has 3 N–H and O–H groups in total. The molecule has 0 bridgehead atoms. The average Bonchev–Trinajstić information content (AvgIpc) is 3.25. The Morgan fingerprint density at radius 1 is 0.450 bits per heavy atom. The first-order chi connectivity index (χ1) is 29.5. The number of carbonyl (C=O) groups is 2. The van der Waals surface area contributed by atoms with Crippen LogP contribution in [0.5, 0.6) is 0 Å². The molecule has 2 unspecified atom stereocenters. The summed E-state index contributed by atoms with van der Waals surface area (Å²) in [6, 6.07) is -0.647. The molecule has 60 heavy (non-hydrogen) atoms. The standard InChI is InChI=1S/C54H101NO5/c1-3-5-7-9-11-13-15-17-19-21-23-28-32-36-40-44-48-54(59)60-49-45-41-37-33-29-25-24-27-31-35-39-43-47-53(58)55-51(50-56)52(57)46-42-38-34-30-26-22-20-18-16-14-12-10-8-6-4-2/h19,21,25,29,42,46,51-52,56-57H,3-18,20,22-24,26-28,30-41,43-45,47-50H2,1-2H3,(H,55,58)/b21-19-,29-25-,46-42+. The molecule has 0 aliphatic carbocycles. The van der Waals surface area contributed by atoms with Crippen LogP contribution in [0.1, 0.15) is 271 Å². The molecule has 0 aromatic carbocycles. The second kappa shape index (κ2) is 49.7. The van der Waals surface area contributed by atoms with E-state index >= 15 is 0 Å². The van der Waals surface area contributed by atoms with Gasteiger partial charge in [0, 0.05) is 12.8 Å². The average molecular weight is 844 g/mol. The molecule has 0 saturated carbocycles. The lowest BCUT2D eigenvalue weighted by molar-refractivity contribution is -0.143. The molecular weight excluding hydrogens is 743 g/mol. The Labute approximate surface area is 373 Å². The summed E-state index contributed by atoms with van der Waals surface area (Å²) in [7, 11) is 0. The van der Waals surface area contributed by atoms with Gasteiger partial charge >= 0.3 is 5.97 Å². The first-order valence-corrected chi connectivity index (χ1v) is 26.3. The van der Waals surface area contributed by atoms with Crippen LogP contribution in [0.2, 0.25) is 0 Å². The zero-order valence-corrected chi connectivity index (χ0v) is 39.9. The minimum absolute atomic E-state index is 0.0322. The lowest BCUT2D eigenvalue weighted by Gasteiger charge is -2.20. The van der Waals surface area contributed by atoms with Crippen LogP contribution in [0, 0.1) is 0 Å². The smallest absolute Gasteiger partial charge is 0.305 e. The first kappa shape index (κ1) is 58.1. The van der Waals surface area contributed by atoms with Gasteiger partial charge in [-0.25, -0.2) is 0 Å². The Kier molecular flexibility index (Phi) is 48.1. The molecule has 0 radical (unpaired) electrons. The fourth-order valence-electron chi connectivity index (χ4n) is 7.80. The number of rotatable bonds is 48. The summed E-state index contributed by atoms with van der Waals surface area (Å²) < 4.78 is 5.44. The van der Waals surface area contributed by atoms with Crippen LogP contribution in [-0.2, 0) is 14.3 Å². The third-order valence-electron chi connectivity index (χ3n) is 11.9. The minimum atomic E-state index is -0.861. The fraction of sp³-hybridized carbons (Fsp3) is 0.852. The van der Waals surface area contributed by atoms with E-state index in [1.807, 2.05) is 6.08 Å². The molecule has 0 fully saturated rings. The highest BCUT2D eigenvalue weighted by molar-refractivity contribution is 5.76. The number of ether oxygens (including phenoxy) is 1. The molecule has 0 rings (SSSR count). The zero-order chi connectivity index (χ0) is 43.7. The van der Waals surface area contributed by atoms with E-state index in [0.29, 0.717) is 19.4 Å². The Balaban J connectivity index is 3.54. The molecule has 0 aromatic heterocycles. The van der Waals surface area contributed by atoms with Gasteiger partial charge in [-0.3, -0.25) is 9.59 Å². The largest absolute Gasteiger partial charge is 0.466 e. The summed E-state index contributed by atoms with van der Waals surface area (Å²) in [4.78, 5) is 24.5. The van der Waals surface area contributed by atoms with E-state index in [0.717, 1.165) is 83.5 Å². The van der Waals surface area contributed by atoms with Crippen molar-refractivity contribution in [2.75, 3.05) is 13.2 Å². The molecule has 2 atom stereocenters. The molecule has 1 amide bonds. The Morgan fingerprint density at radius 2 is 0.783 bits per heavy atom. The van der Waals surface area contributed by atoms with Gasteiger partial charge in [0.05, 0.1) is 25.4 Å². The van der Waals surface area contributed by atoms with Crippen molar-refractivity contribution < 1.29 is 24.5 Å². The van der Waals surface area contributed by atoms with Crippen molar-refractivity contribution >= 4 is 11.9 Å². The highest BCUT2D eigenvalue weighted by Gasteiger charge is 2.18. The molecule has 6 heteroatoms. The maximum absolute atomic E-state index is 12.4. The Morgan fingerprint density at radius 3 is 1.18 bits per heavy atom. The van der Waals surface area contributed by atoms with Gasteiger partial charge in [0.25, 0.3) is 0 Å². The Bertz CT molecular complexity index is 977. The van der Waals surface area contributed by atoms with E-state index in [1.54, 1.807) is 6.08 Å². The van der Waals surface area contributed by atoms with Gasteiger partial charge in [-0.05, 0) is 89.9 Å². The van der Waals surface area contributed by atoms with Crippen molar-refractivity contribution in [2.45, 2.75) is 283 Å². The molecule has 0 heterocycles. The monoisotopic (exact) mass is 844 g/mol. The molecular formula is C54H101NO5. The van der Waals surface area contributed by atoms with Crippen LogP contribution in [-0.4, -0.2) is 47.4 Å². The molecule has 0 saturated heterocycles. The molecule has 352 valence electrons. The number of hydrogen-bond donors (Lipinski definition) is 3. The normalized spacial score (nSPS) is 12.9. The second-order valence-corrected chi connectivity index (χ2v) is 17.8. The number of unbranched alkanes of at least 4 members (excludes halogenated alkanes) is 33. The highest BCUT2D eigenvalue weighted by atomic mass is 16.5. The summed E-state index contributed by atoms with van der Waals surface area (Å²) in [5, 5.41) is 23.0. The Hall–Kier alpha value is -1.92. The van der Waals surface area contributed by atoms with E-state index < -0.39 is 12.1 Å². The SMILES string of the molecule is CCCCCCCCC/C=C\CCCCCCCC(=O)OCCCCC/C=C\CCCCCCCC(=O)NC(CO)C(O)/C=C/CCCCCCCCCCCCCCC.